The van der Waals surface area contributed by atoms with Crippen LogP contribution in [0.2, 0.25) is 5.02 Å². The molecular weight excluding hydrogens is 324 g/mol. The van der Waals surface area contributed by atoms with Gasteiger partial charge in [-0.1, -0.05) is 51.8 Å². The predicted molar refractivity (Wildman–Crippen MR) is 83.1 cm³/mol. The van der Waals surface area contributed by atoms with Crippen molar-refractivity contribution in [2.24, 2.45) is 0 Å². The van der Waals surface area contributed by atoms with Crippen molar-refractivity contribution < 1.29 is 4.79 Å². The summed E-state index contributed by atoms with van der Waals surface area (Å²) in [6.45, 7) is 3.92. The maximum Gasteiger partial charge on any atom is 0.167 e. The van der Waals surface area contributed by atoms with E-state index in [2.05, 4.69) is 15.9 Å². The van der Waals surface area contributed by atoms with Gasteiger partial charge in [0.25, 0.3) is 0 Å². The Bertz CT molecular complexity index is 635. The summed E-state index contributed by atoms with van der Waals surface area (Å²) < 4.78 is 0.952. The van der Waals surface area contributed by atoms with Crippen LogP contribution in [0.25, 0.3) is 0 Å². The molecule has 0 atom stereocenters. The molecule has 2 rings (SSSR count). The van der Waals surface area contributed by atoms with Crippen LogP contribution in [0.15, 0.2) is 40.9 Å². The Morgan fingerprint density at radius 2 is 1.95 bits per heavy atom. The summed E-state index contributed by atoms with van der Waals surface area (Å²) in [4.78, 5) is 12.3. The summed E-state index contributed by atoms with van der Waals surface area (Å²) in [6.07, 6.45) is 0.330. The van der Waals surface area contributed by atoms with Crippen molar-refractivity contribution in [2.75, 3.05) is 0 Å². The minimum atomic E-state index is 0.0875. The van der Waals surface area contributed by atoms with Gasteiger partial charge < -0.3 is 0 Å². The molecule has 0 saturated carbocycles. The lowest BCUT2D eigenvalue weighted by Gasteiger charge is -2.08. The Labute approximate surface area is 126 Å². The van der Waals surface area contributed by atoms with Crippen molar-refractivity contribution in [1.82, 2.24) is 0 Å². The zero-order valence-corrected chi connectivity index (χ0v) is 13.2. The van der Waals surface area contributed by atoms with Crippen molar-refractivity contribution in [2.45, 2.75) is 20.3 Å². The molecule has 0 amide bonds. The van der Waals surface area contributed by atoms with Gasteiger partial charge in [-0.15, -0.1) is 0 Å². The summed E-state index contributed by atoms with van der Waals surface area (Å²) in [7, 11) is 0. The number of aryl methyl sites for hydroxylation is 1. The lowest BCUT2D eigenvalue weighted by Crippen LogP contribution is -2.06. The Morgan fingerprint density at radius 3 is 2.63 bits per heavy atom. The molecule has 0 aliphatic rings. The van der Waals surface area contributed by atoms with Crippen molar-refractivity contribution in [1.29, 1.82) is 0 Å². The van der Waals surface area contributed by atoms with Gasteiger partial charge in [0, 0.05) is 21.5 Å². The Hall–Kier alpha value is -1.12. The normalized spacial score (nSPS) is 10.5. The molecule has 0 aliphatic heterocycles. The predicted octanol–water partition coefficient (Wildman–Crippen LogP) is 5.14. The lowest BCUT2D eigenvalue weighted by molar-refractivity contribution is 0.0992. The topological polar surface area (TPSA) is 17.1 Å². The first-order valence-corrected chi connectivity index (χ1v) is 7.19. The summed E-state index contributed by atoms with van der Waals surface area (Å²) in [5, 5.41) is 0.654. The van der Waals surface area contributed by atoms with Gasteiger partial charge >= 0.3 is 0 Å². The van der Waals surface area contributed by atoms with Crippen molar-refractivity contribution in [3.63, 3.8) is 0 Å². The highest BCUT2D eigenvalue weighted by atomic mass is 79.9. The van der Waals surface area contributed by atoms with E-state index in [1.54, 1.807) is 0 Å². The van der Waals surface area contributed by atoms with Crippen molar-refractivity contribution in [3.8, 4) is 0 Å². The average molecular weight is 338 g/mol. The summed E-state index contributed by atoms with van der Waals surface area (Å²) >= 11 is 9.62. The van der Waals surface area contributed by atoms with Crippen molar-refractivity contribution >= 4 is 33.3 Å². The van der Waals surface area contributed by atoms with E-state index in [9.17, 15) is 4.79 Å². The molecule has 0 saturated heterocycles. The molecule has 0 aliphatic carbocycles. The van der Waals surface area contributed by atoms with Gasteiger partial charge in [-0.3, -0.25) is 4.79 Å². The van der Waals surface area contributed by atoms with Gasteiger partial charge in [0.15, 0.2) is 5.78 Å². The summed E-state index contributed by atoms with van der Waals surface area (Å²) in [6, 6.07) is 11.4. The molecule has 1 nitrogen and oxygen atoms in total. The number of carbonyl (C=O) groups is 1. The number of hydrogen-bond donors (Lipinski definition) is 0. The molecule has 0 fully saturated rings. The molecule has 0 N–H and O–H groups in total. The van der Waals surface area contributed by atoms with E-state index in [1.807, 2.05) is 50.2 Å². The van der Waals surface area contributed by atoms with Gasteiger partial charge in [-0.25, -0.2) is 0 Å². The molecule has 3 heteroatoms. The van der Waals surface area contributed by atoms with Crippen LogP contribution in [0.4, 0.5) is 0 Å². The van der Waals surface area contributed by atoms with Gasteiger partial charge in [0.05, 0.1) is 0 Å². The van der Waals surface area contributed by atoms with Gasteiger partial charge in [-0.05, 0) is 42.7 Å². The second-order valence-corrected chi connectivity index (χ2v) is 5.87. The van der Waals surface area contributed by atoms with E-state index in [4.69, 9.17) is 11.6 Å². The lowest BCUT2D eigenvalue weighted by atomic mass is 9.99. The number of halogens is 2. The molecule has 0 aromatic heterocycles. The number of hydrogen-bond acceptors (Lipinski definition) is 1. The van der Waals surface area contributed by atoms with E-state index in [1.165, 1.54) is 0 Å². The van der Waals surface area contributed by atoms with E-state index in [0.717, 1.165) is 26.7 Å². The highest BCUT2D eigenvalue weighted by Crippen LogP contribution is 2.23. The molecule has 0 bridgehead atoms. The third-order valence-corrected chi connectivity index (χ3v) is 4.34. The highest BCUT2D eigenvalue weighted by molar-refractivity contribution is 9.10. The molecule has 98 valence electrons. The zero-order chi connectivity index (χ0) is 14.0. The number of ketones is 1. The fourth-order valence-corrected chi connectivity index (χ4v) is 2.64. The van der Waals surface area contributed by atoms with Crippen LogP contribution in [0, 0.1) is 13.8 Å². The quantitative estimate of drug-likeness (QED) is 0.708. The SMILES string of the molecule is Cc1ccc(CC(=O)c2cccc(Br)c2C)c(Cl)c1. The Morgan fingerprint density at radius 1 is 1.21 bits per heavy atom. The first-order valence-electron chi connectivity index (χ1n) is 6.02. The third kappa shape index (κ3) is 3.26. The van der Waals surface area contributed by atoms with Crippen LogP contribution in [0.1, 0.15) is 27.0 Å². The van der Waals surface area contributed by atoms with E-state index < -0.39 is 0 Å². The maximum absolute atomic E-state index is 12.3. The smallest absolute Gasteiger partial charge is 0.167 e. The van der Waals surface area contributed by atoms with Gasteiger partial charge in [0.1, 0.15) is 0 Å². The number of benzene rings is 2. The number of carbonyl (C=O) groups excluding carboxylic acids is 1. The molecular formula is C16H14BrClO. The van der Waals surface area contributed by atoms with E-state index >= 15 is 0 Å². The van der Waals surface area contributed by atoms with Crippen LogP contribution < -0.4 is 0 Å². The fourth-order valence-electron chi connectivity index (χ4n) is 1.97. The number of Topliss-reactive ketones (excluding diaryl/α,β-unsaturated/α-hetero) is 1. The summed E-state index contributed by atoms with van der Waals surface area (Å²) in [5.74, 6) is 0.0875. The molecule has 0 unspecified atom stereocenters. The molecule has 2 aromatic carbocycles. The van der Waals surface area contributed by atoms with Gasteiger partial charge in [0.2, 0.25) is 0 Å². The zero-order valence-electron chi connectivity index (χ0n) is 10.8. The Kier molecular flexibility index (Phi) is 4.43. The molecule has 0 spiro atoms. The van der Waals surface area contributed by atoms with Gasteiger partial charge in [-0.2, -0.15) is 0 Å². The average Bonchev–Trinajstić information content (AvgIpc) is 2.36. The first kappa shape index (κ1) is 14.3. The minimum Gasteiger partial charge on any atom is -0.294 e. The molecule has 0 heterocycles. The standard InChI is InChI=1S/C16H14BrClO/c1-10-6-7-12(15(18)8-10)9-16(19)13-4-3-5-14(17)11(13)2/h3-8H,9H2,1-2H3. The first-order chi connectivity index (χ1) is 8.99. The molecule has 0 radical (unpaired) electrons. The fraction of sp³-hybridized carbons (Fsp3) is 0.188. The third-order valence-electron chi connectivity index (χ3n) is 3.13. The van der Waals surface area contributed by atoms with Crippen LogP contribution in [0.3, 0.4) is 0 Å². The monoisotopic (exact) mass is 336 g/mol. The van der Waals surface area contributed by atoms with Crippen molar-refractivity contribution in [3.05, 3.63) is 68.1 Å². The molecule has 19 heavy (non-hydrogen) atoms. The van der Waals surface area contributed by atoms with E-state index in [-0.39, 0.29) is 5.78 Å². The second kappa shape index (κ2) is 5.89. The van der Waals surface area contributed by atoms with Crippen LogP contribution in [-0.4, -0.2) is 5.78 Å². The van der Waals surface area contributed by atoms with Crippen LogP contribution >= 0.6 is 27.5 Å². The number of rotatable bonds is 3. The minimum absolute atomic E-state index is 0.0875. The maximum atomic E-state index is 12.3. The Balaban J connectivity index is 2.28. The second-order valence-electron chi connectivity index (χ2n) is 4.61. The van der Waals surface area contributed by atoms with Crippen LogP contribution in [-0.2, 0) is 6.42 Å². The van der Waals surface area contributed by atoms with E-state index in [0.29, 0.717) is 11.4 Å². The van der Waals surface area contributed by atoms with Crippen LogP contribution in [0.5, 0.6) is 0 Å². The largest absolute Gasteiger partial charge is 0.294 e. The summed E-state index contributed by atoms with van der Waals surface area (Å²) in [5.41, 5.74) is 3.68. The highest BCUT2D eigenvalue weighted by Gasteiger charge is 2.13. The molecule has 2 aromatic rings.